The fourth-order valence-electron chi connectivity index (χ4n) is 0.578. The Kier molecular flexibility index (Phi) is 5.15. The molecule has 0 aromatic rings. The Morgan fingerprint density at radius 1 is 1.64 bits per heavy atom. The zero-order valence-electron chi connectivity index (χ0n) is 7.05. The minimum Gasteiger partial charge on any atom is -0.370 e. The molecule has 0 saturated carbocycles. The molecule has 0 spiro atoms. The quantitative estimate of drug-likeness (QED) is 0.350. The number of nitrogens with two attached hydrogens (primary N) is 1. The molecule has 0 unspecified atom stereocenters. The van der Waals surface area contributed by atoms with Crippen LogP contribution in [-0.2, 0) is 4.79 Å². The second-order valence-electron chi connectivity index (χ2n) is 2.30. The molecule has 0 fully saturated rings. The molecule has 64 valence electrons. The third kappa shape index (κ3) is 6.83. The molecule has 0 heterocycles. The first-order chi connectivity index (χ1) is 5.16. The monoisotopic (exact) mass is 157 g/mol. The molecule has 0 rings (SSSR count). The Morgan fingerprint density at radius 2 is 2.27 bits per heavy atom. The van der Waals surface area contributed by atoms with Crippen LogP contribution in [0.25, 0.3) is 0 Å². The van der Waals surface area contributed by atoms with Gasteiger partial charge in [0.1, 0.15) is 0 Å². The summed E-state index contributed by atoms with van der Waals surface area (Å²) < 4.78 is 0. The molecule has 0 aliphatic rings. The summed E-state index contributed by atoms with van der Waals surface area (Å²) in [5.41, 5.74) is 5.33. The normalized spacial score (nSPS) is 11.3. The number of hydrogen-bond donors (Lipinski definition) is 2. The molecule has 0 saturated heterocycles. The SMILES string of the molecule is CCCCN=C(N)NC(C)=O. The van der Waals surface area contributed by atoms with Crippen LogP contribution in [0.2, 0.25) is 0 Å². The Hall–Kier alpha value is -1.06. The summed E-state index contributed by atoms with van der Waals surface area (Å²) in [7, 11) is 0. The second kappa shape index (κ2) is 5.70. The van der Waals surface area contributed by atoms with Gasteiger partial charge in [0.05, 0.1) is 0 Å². The van der Waals surface area contributed by atoms with Crippen molar-refractivity contribution in [3.8, 4) is 0 Å². The summed E-state index contributed by atoms with van der Waals surface area (Å²) in [6, 6.07) is 0. The van der Waals surface area contributed by atoms with Gasteiger partial charge in [-0.25, -0.2) is 0 Å². The van der Waals surface area contributed by atoms with Crippen LogP contribution in [0.5, 0.6) is 0 Å². The average molecular weight is 157 g/mol. The van der Waals surface area contributed by atoms with Crippen LogP contribution in [0.1, 0.15) is 26.7 Å². The Balaban J connectivity index is 3.54. The van der Waals surface area contributed by atoms with E-state index in [1.165, 1.54) is 6.92 Å². The highest BCUT2D eigenvalue weighted by Gasteiger charge is 1.92. The molecule has 0 bridgehead atoms. The van der Waals surface area contributed by atoms with Gasteiger partial charge < -0.3 is 5.73 Å². The second-order valence-corrected chi connectivity index (χ2v) is 2.30. The van der Waals surface area contributed by atoms with E-state index in [-0.39, 0.29) is 11.9 Å². The lowest BCUT2D eigenvalue weighted by Gasteiger charge is -1.98. The maximum atomic E-state index is 10.4. The Bertz CT molecular complexity index is 154. The molecule has 0 atom stereocenters. The van der Waals surface area contributed by atoms with Gasteiger partial charge in [-0.1, -0.05) is 13.3 Å². The van der Waals surface area contributed by atoms with E-state index in [0.717, 1.165) is 12.8 Å². The molecule has 1 amide bonds. The lowest BCUT2D eigenvalue weighted by molar-refractivity contribution is -0.117. The van der Waals surface area contributed by atoms with E-state index in [1.54, 1.807) is 0 Å². The Labute approximate surface area is 66.9 Å². The number of carbonyl (C=O) groups excluding carboxylic acids is 1. The number of unbranched alkanes of at least 4 members (excludes halogenated alkanes) is 1. The third-order valence-electron chi connectivity index (χ3n) is 1.10. The zero-order chi connectivity index (χ0) is 8.69. The highest BCUT2D eigenvalue weighted by Crippen LogP contribution is 1.85. The standard InChI is InChI=1S/C7H15N3O/c1-3-4-5-9-7(8)10-6(2)11/h3-5H2,1-2H3,(H3,8,9,10,11). The fraction of sp³-hybridized carbons (Fsp3) is 0.714. The van der Waals surface area contributed by atoms with E-state index in [1.807, 2.05) is 0 Å². The van der Waals surface area contributed by atoms with Crippen molar-refractivity contribution in [1.82, 2.24) is 5.32 Å². The number of amides is 1. The predicted octanol–water partition coefficient (Wildman–Crippen LogP) is 0.237. The van der Waals surface area contributed by atoms with Gasteiger partial charge in [0.25, 0.3) is 0 Å². The van der Waals surface area contributed by atoms with E-state index in [2.05, 4.69) is 17.2 Å². The lowest BCUT2D eigenvalue weighted by atomic mass is 10.3. The van der Waals surface area contributed by atoms with Crippen LogP contribution in [0.15, 0.2) is 4.99 Å². The van der Waals surface area contributed by atoms with Gasteiger partial charge in [0, 0.05) is 13.5 Å². The zero-order valence-corrected chi connectivity index (χ0v) is 7.05. The highest BCUT2D eigenvalue weighted by molar-refractivity contribution is 5.94. The van der Waals surface area contributed by atoms with Crippen LogP contribution in [-0.4, -0.2) is 18.4 Å². The fourth-order valence-corrected chi connectivity index (χ4v) is 0.578. The molecule has 0 aliphatic heterocycles. The molecule has 0 aromatic carbocycles. The first kappa shape index (κ1) is 9.94. The molecule has 11 heavy (non-hydrogen) atoms. The van der Waals surface area contributed by atoms with Crippen LogP contribution in [0.3, 0.4) is 0 Å². The molecule has 0 aliphatic carbocycles. The van der Waals surface area contributed by atoms with Crippen molar-refractivity contribution < 1.29 is 4.79 Å². The van der Waals surface area contributed by atoms with Crippen molar-refractivity contribution in [1.29, 1.82) is 0 Å². The molecule has 4 heteroatoms. The maximum absolute atomic E-state index is 10.4. The van der Waals surface area contributed by atoms with Crippen molar-refractivity contribution in [2.75, 3.05) is 6.54 Å². The highest BCUT2D eigenvalue weighted by atomic mass is 16.1. The van der Waals surface area contributed by atoms with Gasteiger partial charge in [-0.3, -0.25) is 15.1 Å². The average Bonchev–Trinajstić information content (AvgIpc) is 1.86. The van der Waals surface area contributed by atoms with Crippen molar-refractivity contribution in [2.45, 2.75) is 26.7 Å². The molecule has 0 aromatic heterocycles. The first-order valence-electron chi connectivity index (χ1n) is 3.74. The van der Waals surface area contributed by atoms with Gasteiger partial charge >= 0.3 is 0 Å². The molecule has 3 N–H and O–H groups in total. The van der Waals surface area contributed by atoms with Crippen LogP contribution < -0.4 is 11.1 Å². The topological polar surface area (TPSA) is 67.5 Å². The first-order valence-corrected chi connectivity index (χ1v) is 3.74. The number of hydrogen-bond acceptors (Lipinski definition) is 2. The summed E-state index contributed by atoms with van der Waals surface area (Å²) in [5, 5.41) is 2.39. The van der Waals surface area contributed by atoms with Crippen molar-refractivity contribution in [2.24, 2.45) is 10.7 Å². The van der Waals surface area contributed by atoms with Crippen molar-refractivity contribution in [3.05, 3.63) is 0 Å². The van der Waals surface area contributed by atoms with Gasteiger partial charge in [0.15, 0.2) is 5.96 Å². The van der Waals surface area contributed by atoms with Crippen LogP contribution >= 0.6 is 0 Å². The summed E-state index contributed by atoms with van der Waals surface area (Å²) in [6.07, 6.45) is 2.08. The largest absolute Gasteiger partial charge is 0.370 e. The van der Waals surface area contributed by atoms with E-state index in [4.69, 9.17) is 5.73 Å². The smallest absolute Gasteiger partial charge is 0.223 e. The molecular formula is C7H15N3O. The summed E-state index contributed by atoms with van der Waals surface area (Å²) >= 11 is 0. The minimum atomic E-state index is -0.178. The number of rotatable bonds is 3. The summed E-state index contributed by atoms with van der Waals surface area (Å²) in [6.45, 7) is 4.16. The van der Waals surface area contributed by atoms with Gasteiger partial charge in [0.2, 0.25) is 5.91 Å². The number of nitrogens with zero attached hydrogens (tertiary/aromatic N) is 1. The van der Waals surface area contributed by atoms with Gasteiger partial charge in [-0.2, -0.15) is 0 Å². The number of nitrogens with one attached hydrogen (secondary N) is 1. The van der Waals surface area contributed by atoms with Crippen molar-refractivity contribution in [3.63, 3.8) is 0 Å². The number of guanidine groups is 1. The van der Waals surface area contributed by atoms with Gasteiger partial charge in [-0.15, -0.1) is 0 Å². The molecular weight excluding hydrogens is 142 g/mol. The van der Waals surface area contributed by atoms with E-state index in [9.17, 15) is 4.79 Å². The summed E-state index contributed by atoms with van der Waals surface area (Å²) in [5.74, 6) is 0.0358. The van der Waals surface area contributed by atoms with Crippen LogP contribution in [0, 0.1) is 0 Å². The number of carbonyl (C=O) groups is 1. The van der Waals surface area contributed by atoms with E-state index < -0.39 is 0 Å². The third-order valence-corrected chi connectivity index (χ3v) is 1.10. The predicted molar refractivity (Wildman–Crippen MR) is 45.2 cm³/mol. The maximum Gasteiger partial charge on any atom is 0.223 e. The number of aliphatic imine (C=N–C) groups is 1. The molecule has 0 radical (unpaired) electrons. The van der Waals surface area contributed by atoms with E-state index in [0.29, 0.717) is 6.54 Å². The summed E-state index contributed by atoms with van der Waals surface area (Å²) in [4.78, 5) is 14.3. The van der Waals surface area contributed by atoms with Gasteiger partial charge in [-0.05, 0) is 6.42 Å². The lowest BCUT2D eigenvalue weighted by Crippen LogP contribution is -2.35. The Morgan fingerprint density at radius 3 is 2.73 bits per heavy atom. The van der Waals surface area contributed by atoms with Crippen LogP contribution in [0.4, 0.5) is 0 Å². The minimum absolute atomic E-state index is 0.178. The molecule has 4 nitrogen and oxygen atoms in total. The van der Waals surface area contributed by atoms with Crippen molar-refractivity contribution >= 4 is 11.9 Å². The van der Waals surface area contributed by atoms with E-state index >= 15 is 0 Å².